The Morgan fingerprint density at radius 3 is 2.50 bits per heavy atom. The van der Waals surface area contributed by atoms with Crippen molar-refractivity contribution in [3.63, 3.8) is 0 Å². The maximum atomic E-state index is 12.0. The Labute approximate surface area is 103 Å². The highest BCUT2D eigenvalue weighted by atomic mass is 32.1. The number of carbonyl (C=O) groups is 1. The smallest absolute Gasteiger partial charge is 0.251 e. The van der Waals surface area contributed by atoms with Gasteiger partial charge in [0, 0.05) is 16.5 Å². The first-order chi connectivity index (χ1) is 7.41. The highest BCUT2D eigenvalue weighted by Gasteiger charge is 2.14. The molecule has 0 aliphatic heterocycles. The minimum absolute atomic E-state index is 0.0189. The topological polar surface area (TPSA) is 29.1 Å². The largest absolute Gasteiger partial charge is 0.349 e. The van der Waals surface area contributed by atoms with Gasteiger partial charge >= 0.3 is 0 Å². The molecule has 1 aromatic rings. The Morgan fingerprint density at radius 1 is 1.31 bits per heavy atom. The molecule has 0 spiro atoms. The third-order valence-electron chi connectivity index (χ3n) is 2.82. The molecule has 0 fully saturated rings. The van der Waals surface area contributed by atoms with Crippen LogP contribution in [0.1, 0.15) is 36.7 Å². The number of thiol groups is 1. The van der Waals surface area contributed by atoms with E-state index in [2.05, 4.69) is 31.8 Å². The Morgan fingerprint density at radius 2 is 1.94 bits per heavy atom. The molecule has 88 valence electrons. The Bertz CT molecular complexity index is 388. The summed E-state index contributed by atoms with van der Waals surface area (Å²) in [6.07, 6.45) is 0. The van der Waals surface area contributed by atoms with Gasteiger partial charge in [-0.1, -0.05) is 19.9 Å². The van der Waals surface area contributed by atoms with Gasteiger partial charge in [-0.05, 0) is 37.5 Å². The summed E-state index contributed by atoms with van der Waals surface area (Å²) in [7, 11) is 0. The molecule has 0 aliphatic carbocycles. The van der Waals surface area contributed by atoms with E-state index in [1.807, 2.05) is 26.0 Å². The van der Waals surface area contributed by atoms with E-state index in [-0.39, 0.29) is 11.9 Å². The number of amides is 1. The molecule has 0 radical (unpaired) electrons. The fourth-order valence-electron chi connectivity index (χ4n) is 1.31. The minimum atomic E-state index is -0.0189. The molecule has 16 heavy (non-hydrogen) atoms. The van der Waals surface area contributed by atoms with Gasteiger partial charge in [0.1, 0.15) is 0 Å². The number of carbonyl (C=O) groups excluding carboxylic acids is 1. The molecule has 0 aromatic heterocycles. The van der Waals surface area contributed by atoms with E-state index in [1.54, 1.807) is 6.07 Å². The van der Waals surface area contributed by atoms with Gasteiger partial charge in [-0.25, -0.2) is 0 Å². The number of nitrogens with one attached hydrogen (secondary N) is 1. The van der Waals surface area contributed by atoms with Crippen molar-refractivity contribution in [3.8, 4) is 0 Å². The standard InChI is InChI=1S/C13H19NOS/c1-8(2)10(4)14-13(15)12-7-11(16)6-5-9(12)3/h5-8,10,16H,1-4H3,(H,14,15). The van der Waals surface area contributed by atoms with E-state index in [0.29, 0.717) is 11.5 Å². The van der Waals surface area contributed by atoms with Crippen LogP contribution in [0.3, 0.4) is 0 Å². The predicted molar refractivity (Wildman–Crippen MR) is 70.2 cm³/mol. The maximum absolute atomic E-state index is 12.0. The van der Waals surface area contributed by atoms with E-state index >= 15 is 0 Å². The lowest BCUT2D eigenvalue weighted by molar-refractivity contribution is 0.0929. The summed E-state index contributed by atoms with van der Waals surface area (Å²) >= 11 is 4.25. The lowest BCUT2D eigenvalue weighted by Gasteiger charge is -2.18. The normalized spacial score (nSPS) is 12.6. The van der Waals surface area contributed by atoms with Crippen molar-refractivity contribution in [1.29, 1.82) is 0 Å². The lowest BCUT2D eigenvalue weighted by Crippen LogP contribution is -2.36. The van der Waals surface area contributed by atoms with Crippen LogP contribution in [0, 0.1) is 12.8 Å². The molecular formula is C13H19NOS. The van der Waals surface area contributed by atoms with Crippen LogP contribution < -0.4 is 5.32 Å². The van der Waals surface area contributed by atoms with Crippen molar-refractivity contribution in [2.45, 2.75) is 38.6 Å². The SMILES string of the molecule is Cc1ccc(S)cc1C(=O)NC(C)C(C)C. The van der Waals surface area contributed by atoms with Crippen molar-refractivity contribution in [2.24, 2.45) is 5.92 Å². The Balaban J connectivity index is 2.84. The molecule has 1 unspecified atom stereocenters. The lowest BCUT2D eigenvalue weighted by atomic mass is 10.0. The summed E-state index contributed by atoms with van der Waals surface area (Å²) in [5.74, 6) is 0.415. The summed E-state index contributed by atoms with van der Waals surface area (Å²) < 4.78 is 0. The number of hydrogen-bond donors (Lipinski definition) is 2. The molecule has 0 heterocycles. The molecule has 0 saturated carbocycles. The van der Waals surface area contributed by atoms with Crippen LogP contribution >= 0.6 is 12.6 Å². The van der Waals surface area contributed by atoms with E-state index < -0.39 is 0 Å². The number of aryl methyl sites for hydroxylation is 1. The van der Waals surface area contributed by atoms with E-state index in [4.69, 9.17) is 0 Å². The van der Waals surface area contributed by atoms with Gasteiger partial charge in [-0.15, -0.1) is 12.6 Å². The second-order valence-corrected chi connectivity index (χ2v) is 5.02. The van der Waals surface area contributed by atoms with Gasteiger partial charge in [-0.3, -0.25) is 4.79 Å². The number of hydrogen-bond acceptors (Lipinski definition) is 2. The Hall–Kier alpha value is -0.960. The predicted octanol–water partition coefficient (Wildman–Crippen LogP) is 3.06. The van der Waals surface area contributed by atoms with Crippen molar-refractivity contribution < 1.29 is 4.79 Å². The van der Waals surface area contributed by atoms with Crippen LogP contribution in [0.5, 0.6) is 0 Å². The van der Waals surface area contributed by atoms with Gasteiger partial charge in [0.25, 0.3) is 5.91 Å². The summed E-state index contributed by atoms with van der Waals surface area (Å²) in [6.45, 7) is 8.13. The van der Waals surface area contributed by atoms with Crippen LogP contribution in [0.15, 0.2) is 23.1 Å². The number of rotatable bonds is 3. The van der Waals surface area contributed by atoms with Gasteiger partial charge in [0.15, 0.2) is 0 Å². The van der Waals surface area contributed by atoms with Crippen molar-refractivity contribution in [1.82, 2.24) is 5.32 Å². The van der Waals surface area contributed by atoms with Crippen LogP contribution in [0.2, 0.25) is 0 Å². The first-order valence-corrected chi connectivity index (χ1v) is 5.97. The average molecular weight is 237 g/mol. The van der Waals surface area contributed by atoms with Gasteiger partial charge in [0.2, 0.25) is 0 Å². The molecule has 0 bridgehead atoms. The molecule has 1 amide bonds. The molecular weight excluding hydrogens is 218 g/mol. The van der Waals surface area contributed by atoms with E-state index in [1.165, 1.54) is 0 Å². The highest BCUT2D eigenvalue weighted by Crippen LogP contribution is 2.14. The molecule has 1 rings (SSSR count). The molecule has 0 aliphatic rings. The number of benzene rings is 1. The molecule has 2 nitrogen and oxygen atoms in total. The Kier molecular flexibility index (Phi) is 4.42. The fraction of sp³-hybridized carbons (Fsp3) is 0.462. The van der Waals surface area contributed by atoms with Gasteiger partial charge < -0.3 is 5.32 Å². The van der Waals surface area contributed by atoms with Crippen LogP contribution in [-0.4, -0.2) is 11.9 Å². The second-order valence-electron chi connectivity index (χ2n) is 4.51. The monoisotopic (exact) mass is 237 g/mol. The molecule has 1 aromatic carbocycles. The zero-order chi connectivity index (χ0) is 12.3. The third-order valence-corrected chi connectivity index (χ3v) is 3.10. The van der Waals surface area contributed by atoms with Crippen LogP contribution in [0.4, 0.5) is 0 Å². The molecule has 1 atom stereocenters. The van der Waals surface area contributed by atoms with Crippen LogP contribution in [0.25, 0.3) is 0 Å². The van der Waals surface area contributed by atoms with Crippen molar-refractivity contribution in [2.75, 3.05) is 0 Å². The average Bonchev–Trinajstić information content (AvgIpc) is 2.21. The van der Waals surface area contributed by atoms with Crippen LogP contribution in [-0.2, 0) is 0 Å². The summed E-state index contributed by atoms with van der Waals surface area (Å²) in [4.78, 5) is 12.8. The van der Waals surface area contributed by atoms with Gasteiger partial charge in [-0.2, -0.15) is 0 Å². The zero-order valence-corrected chi connectivity index (χ0v) is 11.1. The van der Waals surface area contributed by atoms with Crippen molar-refractivity contribution >= 4 is 18.5 Å². The summed E-state index contributed by atoms with van der Waals surface area (Å²) in [5.41, 5.74) is 1.69. The van der Waals surface area contributed by atoms with E-state index in [0.717, 1.165) is 10.5 Å². The van der Waals surface area contributed by atoms with Gasteiger partial charge in [0.05, 0.1) is 0 Å². The second kappa shape index (κ2) is 5.39. The quantitative estimate of drug-likeness (QED) is 0.777. The van der Waals surface area contributed by atoms with Crippen molar-refractivity contribution in [3.05, 3.63) is 29.3 Å². The van der Waals surface area contributed by atoms with E-state index in [9.17, 15) is 4.79 Å². The first kappa shape index (κ1) is 13.1. The molecule has 1 N–H and O–H groups in total. The zero-order valence-electron chi connectivity index (χ0n) is 10.2. The highest BCUT2D eigenvalue weighted by molar-refractivity contribution is 7.80. The third kappa shape index (κ3) is 3.27. The fourth-order valence-corrected chi connectivity index (χ4v) is 1.51. The molecule has 3 heteroatoms. The summed E-state index contributed by atoms with van der Waals surface area (Å²) in [5, 5.41) is 2.99. The minimum Gasteiger partial charge on any atom is -0.349 e. The maximum Gasteiger partial charge on any atom is 0.251 e. The first-order valence-electron chi connectivity index (χ1n) is 5.52. The molecule has 0 saturated heterocycles. The summed E-state index contributed by atoms with van der Waals surface area (Å²) in [6, 6.07) is 5.79.